The van der Waals surface area contributed by atoms with Crippen molar-refractivity contribution in [2.75, 3.05) is 6.26 Å². The van der Waals surface area contributed by atoms with Crippen LogP contribution in [-0.4, -0.2) is 17.3 Å². The Morgan fingerprint density at radius 2 is 1.95 bits per heavy atom. The molecule has 0 aliphatic rings. The Morgan fingerprint density at radius 1 is 1.20 bits per heavy atom. The Labute approximate surface area is 124 Å². The van der Waals surface area contributed by atoms with E-state index in [2.05, 4.69) is 42.5 Å². The molecule has 0 bridgehead atoms. The number of pyridine rings is 1. The van der Waals surface area contributed by atoms with Gasteiger partial charge >= 0.3 is 0 Å². The summed E-state index contributed by atoms with van der Waals surface area (Å²) in [5, 5.41) is 3.38. The highest BCUT2D eigenvalue weighted by molar-refractivity contribution is 7.98. The Balaban J connectivity index is 2.11. The molecule has 2 rings (SSSR count). The average Bonchev–Trinajstić information content (AvgIpc) is 2.47. The molecule has 106 valence electrons. The number of aromatic nitrogens is 1. The third kappa shape index (κ3) is 4.25. The van der Waals surface area contributed by atoms with Gasteiger partial charge in [-0.25, -0.2) is 0 Å². The summed E-state index contributed by atoms with van der Waals surface area (Å²) in [5.74, 6) is 1.70. The molecule has 1 N–H and O–H groups in total. The first-order valence-electron chi connectivity index (χ1n) is 6.67. The minimum absolute atomic E-state index is 0.434. The number of nitrogens with one attached hydrogen (secondary N) is 1. The second-order valence-corrected chi connectivity index (χ2v) is 5.68. The molecule has 1 aromatic carbocycles. The van der Waals surface area contributed by atoms with Gasteiger partial charge in [-0.1, -0.05) is 13.8 Å². The van der Waals surface area contributed by atoms with Gasteiger partial charge in [0.25, 0.3) is 0 Å². The SMILES string of the molecule is CSc1ccc(Oc2ccncc2CNC(C)C)cc1. The van der Waals surface area contributed by atoms with E-state index in [0.717, 1.165) is 23.6 Å². The van der Waals surface area contributed by atoms with E-state index in [4.69, 9.17) is 4.74 Å². The van der Waals surface area contributed by atoms with Gasteiger partial charge in [0.05, 0.1) is 0 Å². The van der Waals surface area contributed by atoms with Crippen LogP contribution in [0.3, 0.4) is 0 Å². The zero-order valence-electron chi connectivity index (χ0n) is 12.1. The molecular weight excluding hydrogens is 268 g/mol. The zero-order chi connectivity index (χ0) is 14.4. The Bertz CT molecular complexity index is 540. The van der Waals surface area contributed by atoms with Crippen LogP contribution in [0.25, 0.3) is 0 Å². The minimum atomic E-state index is 0.434. The monoisotopic (exact) mass is 288 g/mol. The van der Waals surface area contributed by atoms with E-state index < -0.39 is 0 Å². The van der Waals surface area contributed by atoms with Crippen molar-refractivity contribution >= 4 is 11.8 Å². The van der Waals surface area contributed by atoms with Gasteiger partial charge in [-0.05, 0) is 36.6 Å². The van der Waals surface area contributed by atoms with Crippen molar-refractivity contribution in [2.45, 2.75) is 31.3 Å². The number of rotatable bonds is 6. The maximum atomic E-state index is 5.95. The lowest BCUT2D eigenvalue weighted by atomic mass is 10.2. The molecule has 0 aliphatic carbocycles. The van der Waals surface area contributed by atoms with Crippen LogP contribution in [0.5, 0.6) is 11.5 Å². The summed E-state index contributed by atoms with van der Waals surface area (Å²) in [5.41, 5.74) is 1.06. The van der Waals surface area contributed by atoms with Gasteiger partial charge in [0, 0.05) is 35.4 Å². The van der Waals surface area contributed by atoms with E-state index in [-0.39, 0.29) is 0 Å². The van der Waals surface area contributed by atoms with E-state index in [1.165, 1.54) is 4.90 Å². The highest BCUT2D eigenvalue weighted by Crippen LogP contribution is 2.26. The molecule has 4 heteroatoms. The smallest absolute Gasteiger partial charge is 0.134 e. The molecule has 0 unspecified atom stereocenters. The molecule has 20 heavy (non-hydrogen) atoms. The van der Waals surface area contributed by atoms with Crippen molar-refractivity contribution < 1.29 is 4.74 Å². The minimum Gasteiger partial charge on any atom is -0.457 e. The van der Waals surface area contributed by atoms with E-state index in [1.54, 1.807) is 18.0 Å². The van der Waals surface area contributed by atoms with E-state index in [9.17, 15) is 0 Å². The zero-order valence-corrected chi connectivity index (χ0v) is 12.9. The standard InChI is InChI=1S/C16H20N2OS/c1-12(2)18-11-13-10-17-9-8-16(13)19-14-4-6-15(20-3)7-5-14/h4-10,12,18H,11H2,1-3H3. The van der Waals surface area contributed by atoms with E-state index in [1.807, 2.05) is 24.4 Å². The van der Waals surface area contributed by atoms with Crippen LogP contribution in [0.15, 0.2) is 47.6 Å². The third-order valence-electron chi connectivity index (χ3n) is 2.85. The fourth-order valence-corrected chi connectivity index (χ4v) is 2.14. The van der Waals surface area contributed by atoms with Gasteiger partial charge in [-0.2, -0.15) is 0 Å². The molecule has 0 aliphatic heterocycles. The number of thioether (sulfide) groups is 1. The molecule has 0 saturated carbocycles. The lowest BCUT2D eigenvalue weighted by Gasteiger charge is -2.13. The maximum absolute atomic E-state index is 5.95. The van der Waals surface area contributed by atoms with Crippen molar-refractivity contribution in [3.8, 4) is 11.5 Å². The fourth-order valence-electron chi connectivity index (χ4n) is 1.73. The van der Waals surface area contributed by atoms with Gasteiger partial charge < -0.3 is 10.1 Å². The van der Waals surface area contributed by atoms with Crippen molar-refractivity contribution in [2.24, 2.45) is 0 Å². The summed E-state index contributed by atoms with van der Waals surface area (Å²) in [7, 11) is 0. The van der Waals surface area contributed by atoms with E-state index >= 15 is 0 Å². The number of benzene rings is 1. The number of hydrogen-bond acceptors (Lipinski definition) is 4. The molecule has 0 spiro atoms. The molecule has 2 aromatic rings. The Morgan fingerprint density at radius 3 is 2.60 bits per heavy atom. The summed E-state index contributed by atoms with van der Waals surface area (Å²) in [6, 6.07) is 10.4. The summed E-state index contributed by atoms with van der Waals surface area (Å²) in [6.07, 6.45) is 5.67. The van der Waals surface area contributed by atoms with Crippen LogP contribution in [0.2, 0.25) is 0 Å². The first-order chi connectivity index (χ1) is 9.69. The lowest BCUT2D eigenvalue weighted by molar-refractivity contribution is 0.468. The van der Waals surface area contributed by atoms with Crippen molar-refractivity contribution in [3.63, 3.8) is 0 Å². The predicted octanol–water partition coefficient (Wildman–Crippen LogP) is 4.09. The van der Waals surface area contributed by atoms with Crippen molar-refractivity contribution in [1.29, 1.82) is 0 Å². The molecule has 1 heterocycles. The van der Waals surface area contributed by atoms with Crippen molar-refractivity contribution in [1.82, 2.24) is 10.3 Å². The Kier molecular flexibility index (Phi) is 5.44. The van der Waals surface area contributed by atoms with Gasteiger partial charge in [-0.3, -0.25) is 4.98 Å². The van der Waals surface area contributed by atoms with Crippen LogP contribution in [-0.2, 0) is 6.54 Å². The van der Waals surface area contributed by atoms with Crippen LogP contribution >= 0.6 is 11.8 Å². The Hall–Kier alpha value is -1.52. The first kappa shape index (κ1) is 14.9. The van der Waals surface area contributed by atoms with Crippen molar-refractivity contribution in [3.05, 3.63) is 48.3 Å². The molecule has 3 nitrogen and oxygen atoms in total. The second-order valence-electron chi connectivity index (χ2n) is 4.80. The van der Waals surface area contributed by atoms with Gasteiger partial charge in [0.15, 0.2) is 0 Å². The normalized spacial score (nSPS) is 10.8. The molecule has 0 saturated heterocycles. The average molecular weight is 288 g/mol. The third-order valence-corrected chi connectivity index (χ3v) is 3.59. The van der Waals surface area contributed by atoms with Gasteiger partial charge in [-0.15, -0.1) is 11.8 Å². The van der Waals surface area contributed by atoms with Gasteiger partial charge in [0.1, 0.15) is 11.5 Å². The number of nitrogens with zero attached hydrogens (tertiary/aromatic N) is 1. The molecular formula is C16H20N2OS. The summed E-state index contributed by atoms with van der Waals surface area (Å²) in [6.45, 7) is 5.00. The lowest BCUT2D eigenvalue weighted by Crippen LogP contribution is -2.22. The maximum Gasteiger partial charge on any atom is 0.134 e. The first-order valence-corrected chi connectivity index (χ1v) is 7.89. The van der Waals surface area contributed by atoms with Crippen LogP contribution < -0.4 is 10.1 Å². The highest BCUT2D eigenvalue weighted by atomic mass is 32.2. The predicted molar refractivity (Wildman–Crippen MR) is 84.5 cm³/mol. The second kappa shape index (κ2) is 7.31. The van der Waals surface area contributed by atoms with Gasteiger partial charge in [0.2, 0.25) is 0 Å². The van der Waals surface area contributed by atoms with E-state index in [0.29, 0.717) is 6.04 Å². The van der Waals surface area contributed by atoms with Crippen LogP contribution in [0.1, 0.15) is 19.4 Å². The summed E-state index contributed by atoms with van der Waals surface area (Å²) < 4.78 is 5.95. The summed E-state index contributed by atoms with van der Waals surface area (Å²) in [4.78, 5) is 5.40. The fraction of sp³-hybridized carbons (Fsp3) is 0.312. The molecule has 1 aromatic heterocycles. The number of hydrogen-bond donors (Lipinski definition) is 1. The molecule has 0 radical (unpaired) electrons. The van der Waals surface area contributed by atoms with Crippen LogP contribution in [0, 0.1) is 0 Å². The number of ether oxygens (including phenoxy) is 1. The molecule has 0 atom stereocenters. The highest BCUT2D eigenvalue weighted by Gasteiger charge is 2.05. The molecule has 0 amide bonds. The quantitative estimate of drug-likeness (QED) is 0.812. The molecule has 0 fully saturated rings. The summed E-state index contributed by atoms with van der Waals surface area (Å²) >= 11 is 1.72. The largest absolute Gasteiger partial charge is 0.457 e. The topological polar surface area (TPSA) is 34.1 Å². The van der Waals surface area contributed by atoms with Crippen LogP contribution in [0.4, 0.5) is 0 Å².